The second-order valence-electron chi connectivity index (χ2n) is 9.66. The summed E-state index contributed by atoms with van der Waals surface area (Å²) in [6, 6.07) is 33.9. The first-order valence-corrected chi connectivity index (χ1v) is 14.8. The SMILES string of the molecule is O=C(NCCCCc1ccccc1)c1cccc(C2N(c3ccc(-c4ccccc4)cc3)C(=O)CS2(=O)=O)c1. The maximum atomic E-state index is 13.1. The number of amides is 2. The molecule has 1 aliphatic rings. The van der Waals surface area contributed by atoms with Crippen LogP contribution < -0.4 is 10.2 Å². The summed E-state index contributed by atoms with van der Waals surface area (Å²) in [5.41, 5.74) is 4.52. The molecule has 6 nitrogen and oxygen atoms in total. The van der Waals surface area contributed by atoms with Gasteiger partial charge in [0.05, 0.1) is 0 Å². The van der Waals surface area contributed by atoms with Crippen LogP contribution in [-0.2, 0) is 21.1 Å². The van der Waals surface area contributed by atoms with Crippen molar-refractivity contribution in [3.63, 3.8) is 0 Å². The molecule has 1 N–H and O–H groups in total. The van der Waals surface area contributed by atoms with Gasteiger partial charge in [-0.2, -0.15) is 0 Å². The molecule has 1 unspecified atom stereocenters. The molecular weight excluding hydrogens is 508 g/mol. The molecule has 1 fully saturated rings. The molecule has 1 heterocycles. The van der Waals surface area contributed by atoms with Gasteiger partial charge in [0.2, 0.25) is 5.91 Å². The second kappa shape index (κ2) is 11.7. The Labute approximate surface area is 229 Å². The average molecular weight is 539 g/mol. The predicted molar refractivity (Wildman–Crippen MR) is 154 cm³/mol. The maximum absolute atomic E-state index is 13.1. The van der Waals surface area contributed by atoms with Crippen LogP contribution in [-0.4, -0.2) is 32.5 Å². The standard InChI is InChI=1S/C32H30N2O4S/c35-30-23-39(37,38)32(34(30)29-19-17-26(18-20-29)25-13-5-2-6-14-25)28-16-9-15-27(22-28)31(36)33-21-8-7-12-24-10-3-1-4-11-24/h1-6,9-11,13-20,22,32H,7-8,12,21,23H2,(H,33,36). The lowest BCUT2D eigenvalue weighted by Gasteiger charge is -2.24. The van der Waals surface area contributed by atoms with E-state index in [9.17, 15) is 18.0 Å². The van der Waals surface area contributed by atoms with Crippen molar-refractivity contribution in [1.29, 1.82) is 0 Å². The minimum atomic E-state index is -3.80. The summed E-state index contributed by atoms with van der Waals surface area (Å²) in [4.78, 5) is 27.1. The molecule has 0 aliphatic carbocycles. The van der Waals surface area contributed by atoms with Crippen molar-refractivity contribution in [2.75, 3.05) is 17.2 Å². The number of hydrogen-bond acceptors (Lipinski definition) is 4. The first-order valence-electron chi connectivity index (χ1n) is 13.0. The van der Waals surface area contributed by atoms with Gasteiger partial charge in [0.15, 0.2) is 15.2 Å². The number of hydrogen-bond donors (Lipinski definition) is 1. The zero-order valence-electron chi connectivity index (χ0n) is 21.5. The first kappa shape index (κ1) is 26.4. The molecule has 4 aromatic carbocycles. The van der Waals surface area contributed by atoms with Crippen LogP contribution in [0.5, 0.6) is 0 Å². The van der Waals surface area contributed by atoms with E-state index in [1.54, 1.807) is 36.4 Å². The summed E-state index contributed by atoms with van der Waals surface area (Å²) in [7, 11) is -3.80. The van der Waals surface area contributed by atoms with E-state index in [1.807, 2.05) is 60.7 Å². The Bertz CT molecular complexity index is 1550. The number of aryl methyl sites for hydroxylation is 1. The van der Waals surface area contributed by atoms with Crippen LogP contribution in [0.1, 0.15) is 39.7 Å². The number of unbranched alkanes of at least 4 members (excludes halogenated alkanes) is 1. The molecule has 0 bridgehead atoms. The number of sulfone groups is 1. The minimum Gasteiger partial charge on any atom is -0.352 e. The van der Waals surface area contributed by atoms with Crippen molar-refractivity contribution >= 4 is 27.3 Å². The quantitative estimate of drug-likeness (QED) is 0.283. The van der Waals surface area contributed by atoms with E-state index in [2.05, 4.69) is 17.4 Å². The van der Waals surface area contributed by atoms with Gasteiger partial charge in [-0.15, -0.1) is 0 Å². The normalized spacial score (nSPS) is 16.3. The summed E-state index contributed by atoms with van der Waals surface area (Å²) >= 11 is 0. The molecule has 4 aromatic rings. The molecular formula is C32H30N2O4S. The minimum absolute atomic E-state index is 0.267. The Morgan fingerprint density at radius 3 is 2.18 bits per heavy atom. The molecule has 0 radical (unpaired) electrons. The molecule has 1 aliphatic heterocycles. The molecule has 39 heavy (non-hydrogen) atoms. The molecule has 198 valence electrons. The van der Waals surface area contributed by atoms with E-state index in [1.165, 1.54) is 10.5 Å². The number of carbonyl (C=O) groups is 2. The van der Waals surface area contributed by atoms with Gasteiger partial charge in [0.1, 0.15) is 5.75 Å². The number of anilines is 1. The number of carbonyl (C=O) groups excluding carboxylic acids is 2. The van der Waals surface area contributed by atoms with Crippen molar-refractivity contribution in [1.82, 2.24) is 5.32 Å². The van der Waals surface area contributed by atoms with Gasteiger partial charge in [0.25, 0.3) is 5.91 Å². The fourth-order valence-corrected chi connectivity index (χ4v) is 6.69. The third kappa shape index (κ3) is 6.10. The second-order valence-corrected chi connectivity index (χ2v) is 11.7. The highest BCUT2D eigenvalue weighted by Crippen LogP contribution is 2.38. The lowest BCUT2D eigenvalue weighted by atomic mass is 10.0. The molecule has 0 aromatic heterocycles. The number of nitrogens with one attached hydrogen (secondary N) is 1. The van der Waals surface area contributed by atoms with Gasteiger partial charge in [-0.3, -0.25) is 14.5 Å². The van der Waals surface area contributed by atoms with Crippen LogP contribution in [0.3, 0.4) is 0 Å². The molecule has 7 heteroatoms. The summed E-state index contributed by atoms with van der Waals surface area (Å²) in [5, 5.41) is 1.74. The van der Waals surface area contributed by atoms with E-state index in [0.717, 1.165) is 30.4 Å². The van der Waals surface area contributed by atoms with Crippen LogP contribution in [0, 0.1) is 0 Å². The smallest absolute Gasteiger partial charge is 0.251 e. The highest BCUT2D eigenvalue weighted by molar-refractivity contribution is 7.93. The van der Waals surface area contributed by atoms with Gasteiger partial charge in [-0.25, -0.2) is 8.42 Å². The fraction of sp³-hybridized carbons (Fsp3) is 0.188. The van der Waals surface area contributed by atoms with E-state index in [4.69, 9.17) is 0 Å². The molecule has 1 saturated heterocycles. The summed E-state index contributed by atoms with van der Waals surface area (Å²) in [6.45, 7) is 0.524. The summed E-state index contributed by atoms with van der Waals surface area (Å²) in [5.74, 6) is -1.33. The topological polar surface area (TPSA) is 83.6 Å². The number of nitrogens with zero attached hydrogens (tertiary/aromatic N) is 1. The van der Waals surface area contributed by atoms with Crippen molar-refractivity contribution in [3.8, 4) is 11.1 Å². The molecule has 5 rings (SSSR count). The summed E-state index contributed by atoms with van der Waals surface area (Å²) < 4.78 is 26.2. The largest absolute Gasteiger partial charge is 0.352 e. The van der Waals surface area contributed by atoms with E-state index in [0.29, 0.717) is 23.4 Å². The maximum Gasteiger partial charge on any atom is 0.251 e. The predicted octanol–water partition coefficient (Wildman–Crippen LogP) is 5.57. The lowest BCUT2D eigenvalue weighted by molar-refractivity contribution is -0.115. The highest BCUT2D eigenvalue weighted by Gasteiger charge is 2.45. The van der Waals surface area contributed by atoms with E-state index < -0.39 is 26.9 Å². The molecule has 0 spiro atoms. The van der Waals surface area contributed by atoms with Crippen molar-refractivity contribution < 1.29 is 18.0 Å². The molecule has 0 saturated carbocycles. The Hall–Kier alpha value is -4.23. The van der Waals surface area contributed by atoms with Gasteiger partial charge in [-0.1, -0.05) is 84.9 Å². The third-order valence-electron chi connectivity index (χ3n) is 6.88. The van der Waals surface area contributed by atoms with Gasteiger partial charge in [-0.05, 0) is 65.8 Å². The zero-order valence-corrected chi connectivity index (χ0v) is 22.3. The fourth-order valence-electron chi connectivity index (χ4n) is 4.93. The van der Waals surface area contributed by atoms with Crippen LogP contribution in [0.25, 0.3) is 11.1 Å². The van der Waals surface area contributed by atoms with E-state index >= 15 is 0 Å². The Balaban J connectivity index is 1.29. The highest BCUT2D eigenvalue weighted by atomic mass is 32.2. The zero-order chi connectivity index (χ0) is 27.2. The third-order valence-corrected chi connectivity index (χ3v) is 8.69. The van der Waals surface area contributed by atoms with Crippen molar-refractivity contribution in [2.45, 2.75) is 24.6 Å². The Morgan fingerprint density at radius 1 is 0.795 bits per heavy atom. The van der Waals surface area contributed by atoms with Gasteiger partial charge >= 0.3 is 0 Å². The van der Waals surface area contributed by atoms with Crippen molar-refractivity contribution in [2.24, 2.45) is 0 Å². The molecule has 2 amide bonds. The van der Waals surface area contributed by atoms with Gasteiger partial charge < -0.3 is 5.32 Å². The monoisotopic (exact) mass is 538 g/mol. The number of benzene rings is 4. The number of rotatable bonds is 9. The van der Waals surface area contributed by atoms with Crippen LogP contribution in [0.2, 0.25) is 0 Å². The average Bonchev–Trinajstić information content (AvgIpc) is 3.21. The molecule has 1 atom stereocenters. The van der Waals surface area contributed by atoms with E-state index in [-0.39, 0.29) is 5.91 Å². The van der Waals surface area contributed by atoms with Crippen LogP contribution >= 0.6 is 0 Å². The summed E-state index contributed by atoms with van der Waals surface area (Å²) in [6.07, 6.45) is 2.73. The van der Waals surface area contributed by atoms with Crippen LogP contribution in [0.15, 0.2) is 109 Å². The van der Waals surface area contributed by atoms with Crippen molar-refractivity contribution in [3.05, 3.63) is 126 Å². The lowest BCUT2D eigenvalue weighted by Crippen LogP contribution is -2.29. The van der Waals surface area contributed by atoms with Crippen LogP contribution in [0.4, 0.5) is 5.69 Å². The Kier molecular flexibility index (Phi) is 7.89. The Morgan fingerprint density at radius 2 is 1.46 bits per heavy atom. The first-order chi connectivity index (χ1) is 18.9. The van der Waals surface area contributed by atoms with Gasteiger partial charge in [0, 0.05) is 17.8 Å².